The van der Waals surface area contributed by atoms with Crippen molar-refractivity contribution in [3.63, 3.8) is 0 Å². The molecule has 0 saturated heterocycles. The van der Waals surface area contributed by atoms with Gasteiger partial charge in [0.2, 0.25) is 0 Å². The van der Waals surface area contributed by atoms with Crippen LogP contribution in [-0.4, -0.2) is 54.9 Å². The van der Waals surface area contributed by atoms with E-state index >= 15 is 0 Å². The molecule has 1 N–H and O–H groups in total. The predicted molar refractivity (Wildman–Crippen MR) is 49.1 cm³/mol. The van der Waals surface area contributed by atoms with E-state index in [0.29, 0.717) is 12.1 Å². The third-order valence-corrected chi connectivity index (χ3v) is 0.667. The summed E-state index contributed by atoms with van der Waals surface area (Å²) in [7, 11) is 0. The van der Waals surface area contributed by atoms with Crippen LogP contribution >= 0.6 is 0 Å². The van der Waals surface area contributed by atoms with E-state index in [9.17, 15) is 0 Å². The molecule has 0 bridgehead atoms. The molecule has 0 rings (SSSR count). The van der Waals surface area contributed by atoms with Crippen LogP contribution in [0, 0.1) is 0 Å². The van der Waals surface area contributed by atoms with E-state index in [4.69, 9.17) is 0 Å². The zero-order valence-corrected chi connectivity index (χ0v) is 10.4. The van der Waals surface area contributed by atoms with Crippen molar-refractivity contribution >= 4 is 42.8 Å². The average Bonchev–Trinajstić information content (AvgIpc) is 1.27. The van der Waals surface area contributed by atoms with Gasteiger partial charge in [-0.05, 0) is 0 Å². The Hall–Kier alpha value is 1.36. The standard InChI is InChI=1S/C6H15N.Li.Sn.3H/c1-5(2)7-6(3)4;;;;;/h5-7H,1-4H3;;;;;. The van der Waals surface area contributed by atoms with Crippen LogP contribution in [0.25, 0.3) is 0 Å². The molecule has 52 valence electrons. The molecule has 2 radical (unpaired) electrons. The fourth-order valence-corrected chi connectivity index (χ4v) is 0.667. The van der Waals surface area contributed by atoms with Crippen molar-refractivity contribution in [2.45, 2.75) is 39.8 Å². The number of hydrogen-bond donors (Lipinski definition) is 1. The van der Waals surface area contributed by atoms with Crippen LogP contribution in [0.1, 0.15) is 27.7 Å². The van der Waals surface area contributed by atoms with Gasteiger partial charge >= 0.3 is 42.8 Å². The van der Waals surface area contributed by atoms with Crippen molar-refractivity contribution in [1.82, 2.24) is 5.32 Å². The average molecular weight is 230 g/mol. The van der Waals surface area contributed by atoms with Crippen LogP contribution in [0.4, 0.5) is 0 Å². The fourth-order valence-electron chi connectivity index (χ4n) is 0.667. The molecule has 3 heteroatoms. The Kier molecular flexibility index (Phi) is 17.4. The summed E-state index contributed by atoms with van der Waals surface area (Å²) in [6, 6.07) is 1.25. The van der Waals surface area contributed by atoms with Crippen LogP contribution in [0.5, 0.6) is 0 Å². The third kappa shape index (κ3) is 17.6. The number of rotatable bonds is 2. The van der Waals surface area contributed by atoms with Gasteiger partial charge in [-0.3, -0.25) is 0 Å². The van der Waals surface area contributed by atoms with E-state index in [1.807, 2.05) is 0 Å². The quantitative estimate of drug-likeness (QED) is 0.649. The fraction of sp³-hybridized carbons (Fsp3) is 1.00. The van der Waals surface area contributed by atoms with Gasteiger partial charge in [0.25, 0.3) is 0 Å². The van der Waals surface area contributed by atoms with Gasteiger partial charge in [0, 0.05) is 12.1 Å². The summed E-state index contributed by atoms with van der Waals surface area (Å²) < 4.78 is 0. The molecule has 0 heterocycles. The Balaban J connectivity index is -0.000000180. The minimum absolute atomic E-state index is 0. The van der Waals surface area contributed by atoms with Crippen LogP contribution in [0.15, 0.2) is 0 Å². The summed E-state index contributed by atoms with van der Waals surface area (Å²) in [5.74, 6) is 0. The minimum atomic E-state index is 0. The van der Waals surface area contributed by atoms with E-state index in [-0.39, 0.29) is 42.8 Å². The second-order valence-electron chi connectivity index (χ2n) is 2.48. The van der Waals surface area contributed by atoms with Gasteiger partial charge in [-0.1, -0.05) is 27.7 Å². The summed E-state index contributed by atoms with van der Waals surface area (Å²) in [5.41, 5.74) is 0. The maximum absolute atomic E-state index is 3.31. The van der Waals surface area contributed by atoms with E-state index in [1.165, 1.54) is 0 Å². The maximum atomic E-state index is 3.31. The van der Waals surface area contributed by atoms with Gasteiger partial charge in [0.1, 0.15) is 0 Å². The van der Waals surface area contributed by atoms with E-state index in [2.05, 4.69) is 33.0 Å². The molecule has 0 aliphatic carbocycles. The Labute approximate surface area is 87.5 Å². The van der Waals surface area contributed by atoms with Crippen molar-refractivity contribution in [2.75, 3.05) is 0 Å². The molecular weight excluding hydrogens is 212 g/mol. The number of hydrogen-bond acceptors (Lipinski definition) is 1. The first-order valence-electron chi connectivity index (χ1n) is 2.89. The monoisotopic (exact) mass is 231 g/mol. The molecule has 0 atom stereocenters. The van der Waals surface area contributed by atoms with Gasteiger partial charge in [-0.2, -0.15) is 0 Å². The molecule has 0 amide bonds. The molecule has 1 nitrogen and oxygen atoms in total. The van der Waals surface area contributed by atoms with Crippen molar-refractivity contribution < 1.29 is 0 Å². The molecular formula is C6H18LiNSn. The molecule has 0 aromatic rings. The van der Waals surface area contributed by atoms with Crippen LogP contribution in [-0.2, 0) is 0 Å². The van der Waals surface area contributed by atoms with Crippen LogP contribution in [0.3, 0.4) is 0 Å². The Morgan fingerprint density at radius 2 is 1.11 bits per heavy atom. The number of nitrogens with one attached hydrogen (secondary N) is 1. The summed E-state index contributed by atoms with van der Waals surface area (Å²) >= 11 is 0. The first-order chi connectivity index (χ1) is 3.13. The van der Waals surface area contributed by atoms with Crippen LogP contribution < -0.4 is 5.32 Å². The zero-order chi connectivity index (χ0) is 5.86. The predicted octanol–water partition coefficient (Wildman–Crippen LogP) is -0.172. The normalized spacial score (nSPS) is 8.67. The molecule has 0 spiro atoms. The molecule has 0 fully saturated rings. The van der Waals surface area contributed by atoms with Crippen molar-refractivity contribution in [1.29, 1.82) is 0 Å². The van der Waals surface area contributed by atoms with Gasteiger partial charge in [0.15, 0.2) is 0 Å². The molecule has 0 aliphatic heterocycles. The van der Waals surface area contributed by atoms with Crippen LogP contribution in [0.2, 0.25) is 0 Å². The summed E-state index contributed by atoms with van der Waals surface area (Å²) in [6.45, 7) is 8.61. The first kappa shape index (κ1) is 16.8. The van der Waals surface area contributed by atoms with Crippen molar-refractivity contribution in [2.24, 2.45) is 0 Å². The molecule has 0 saturated carbocycles. The molecule has 9 heavy (non-hydrogen) atoms. The van der Waals surface area contributed by atoms with E-state index < -0.39 is 0 Å². The zero-order valence-electron chi connectivity index (χ0n) is 6.36. The Bertz CT molecular complexity index is 42.3. The van der Waals surface area contributed by atoms with Gasteiger partial charge in [-0.25, -0.2) is 0 Å². The van der Waals surface area contributed by atoms with E-state index in [0.717, 1.165) is 0 Å². The third-order valence-electron chi connectivity index (χ3n) is 0.667. The molecule has 0 aromatic carbocycles. The van der Waals surface area contributed by atoms with Gasteiger partial charge in [-0.15, -0.1) is 0 Å². The summed E-state index contributed by atoms with van der Waals surface area (Å²) in [5, 5.41) is 3.31. The SMILES string of the molecule is CC(C)NC(C)C.[LiH].[SnH2]. The molecule has 0 unspecified atom stereocenters. The second-order valence-corrected chi connectivity index (χ2v) is 2.48. The first-order valence-corrected chi connectivity index (χ1v) is 2.89. The van der Waals surface area contributed by atoms with Crippen molar-refractivity contribution in [3.8, 4) is 0 Å². The Morgan fingerprint density at radius 1 is 0.889 bits per heavy atom. The Morgan fingerprint density at radius 3 is 1.11 bits per heavy atom. The topological polar surface area (TPSA) is 12.0 Å². The summed E-state index contributed by atoms with van der Waals surface area (Å²) in [4.78, 5) is 0. The van der Waals surface area contributed by atoms with Gasteiger partial charge < -0.3 is 5.32 Å². The van der Waals surface area contributed by atoms with E-state index in [1.54, 1.807) is 0 Å². The second kappa shape index (κ2) is 9.36. The van der Waals surface area contributed by atoms with Crippen molar-refractivity contribution in [3.05, 3.63) is 0 Å². The summed E-state index contributed by atoms with van der Waals surface area (Å²) in [6.07, 6.45) is 0. The molecule has 0 aliphatic rings. The van der Waals surface area contributed by atoms with Gasteiger partial charge in [0.05, 0.1) is 0 Å². The molecule has 0 aromatic heterocycles.